The molecule has 12 heteroatoms. The van der Waals surface area contributed by atoms with Crippen LogP contribution in [0.15, 0.2) is 121 Å². The molecule has 6 aromatic rings. The maximum atomic E-state index is 15.7. The van der Waals surface area contributed by atoms with Crippen molar-refractivity contribution in [1.29, 1.82) is 0 Å². The van der Waals surface area contributed by atoms with Gasteiger partial charge in [-0.3, -0.25) is 9.59 Å². The van der Waals surface area contributed by atoms with Crippen LogP contribution in [0.5, 0.6) is 34.5 Å². The third kappa shape index (κ3) is 33.3. The van der Waals surface area contributed by atoms with Gasteiger partial charge in [0.1, 0.15) is 11.5 Å². The number of rotatable bonds is 52. The summed E-state index contributed by atoms with van der Waals surface area (Å²) < 4.78 is 98.7. The average molecular weight is 1540 g/mol. The molecule has 0 N–H and O–H groups in total. The van der Waals surface area contributed by atoms with Gasteiger partial charge >= 0.3 is 11.9 Å². The third-order valence-corrected chi connectivity index (χ3v) is 21.5. The van der Waals surface area contributed by atoms with E-state index in [0.717, 1.165) is 77.0 Å². The topological polar surface area (TPSA) is 89.5 Å². The molecule has 2 aliphatic rings. The lowest BCUT2D eigenvalue weighted by Crippen LogP contribution is -2.37. The number of benzene rings is 6. The van der Waals surface area contributed by atoms with Gasteiger partial charge in [0.15, 0.2) is 46.3 Å². The first kappa shape index (κ1) is 89.7. The molecule has 0 heterocycles. The molecule has 0 spiro atoms. The summed E-state index contributed by atoms with van der Waals surface area (Å²) >= 11 is 0. The summed E-state index contributed by atoms with van der Waals surface area (Å²) in [6, 6.07) is 28.3. The van der Waals surface area contributed by atoms with Crippen LogP contribution in [0.2, 0.25) is 0 Å². The molecular formula is C101H126F4O8. The molecule has 0 amide bonds. The first-order valence-corrected chi connectivity index (χ1v) is 43.6. The van der Waals surface area contributed by atoms with Crippen molar-refractivity contribution in [1.82, 2.24) is 0 Å². The highest BCUT2D eigenvalue weighted by Crippen LogP contribution is 2.49. The van der Waals surface area contributed by atoms with Gasteiger partial charge in [0.2, 0.25) is 0 Å². The summed E-state index contributed by atoms with van der Waals surface area (Å²) in [6.07, 6.45) is 51.6. The fraction of sp³-hybridized carbons (Fsp3) is 0.525. The minimum atomic E-state index is -1.01. The Balaban J connectivity index is 0.989. The van der Waals surface area contributed by atoms with E-state index < -0.39 is 58.9 Å². The second-order valence-corrected chi connectivity index (χ2v) is 31.0. The maximum absolute atomic E-state index is 15.7. The minimum Gasteiger partial charge on any atom is -0.491 e. The lowest BCUT2D eigenvalue weighted by molar-refractivity contribution is -0.151. The Bertz CT molecular complexity index is 3880. The number of halogens is 4. The Kier molecular flexibility index (Phi) is 42.3. The summed E-state index contributed by atoms with van der Waals surface area (Å²) in [7, 11) is 0. The molecule has 0 saturated heterocycles. The van der Waals surface area contributed by atoms with Gasteiger partial charge in [-0.05, 0) is 153 Å². The van der Waals surface area contributed by atoms with Crippen LogP contribution < -0.4 is 28.4 Å². The lowest BCUT2D eigenvalue weighted by Gasteiger charge is -2.25. The standard InChI is InChI=1S/C101H126F4O8/c1-5-9-13-17-21-25-29-33-37-41-67-108-92-63-53-78(71-88(92)102)45-47-82-51-59-84(57-49-80-55-65-94(90(104)73-80)110-69-43-39-35-31-27-23-19-15-11-7-3)96(75-82)112-100(106)98-86-61-62-87(77-86)99(98)101(107)113-97-76-83(48-46-79-54-64-93(89(103)72-79)109-68-42-38-34-30-26-22-18-14-10-6-2)52-60-85(97)58-50-81-56-66-95(91(105)74-81)111-70-44-40-36-32-28-24-20-16-12-8-4/h51-56,59-66,71-76,86-87,98-99H,5-44,67-70,77H2,1-4H3/t86-,87+,98-,99-/m1/s1. The molecule has 0 aromatic heterocycles. The summed E-state index contributed by atoms with van der Waals surface area (Å²) in [5.74, 6) is 19.0. The highest BCUT2D eigenvalue weighted by molar-refractivity contribution is 5.87. The summed E-state index contributed by atoms with van der Waals surface area (Å²) in [4.78, 5) is 30.1. The van der Waals surface area contributed by atoms with E-state index in [1.54, 1.807) is 84.9 Å². The smallest absolute Gasteiger partial charge is 0.315 e. The number of fused-ring (bicyclic) bond motifs is 2. The summed E-state index contributed by atoms with van der Waals surface area (Å²) in [6.45, 7) is 10.6. The van der Waals surface area contributed by atoms with E-state index in [0.29, 0.717) is 66.2 Å². The Hall–Kier alpha value is -8.84. The van der Waals surface area contributed by atoms with Crippen LogP contribution in [-0.4, -0.2) is 38.4 Å². The second-order valence-electron chi connectivity index (χ2n) is 31.0. The number of carbonyl (C=O) groups excluding carboxylic acids is 2. The molecule has 0 aliphatic heterocycles. The second kappa shape index (κ2) is 53.3. The van der Waals surface area contributed by atoms with E-state index in [9.17, 15) is 0 Å². The molecule has 6 aromatic carbocycles. The molecule has 4 atom stereocenters. The SMILES string of the molecule is CCCCCCCCCCCCOc1ccc(C#Cc2ccc(C#Cc3ccc(OCCCCCCCCCCCC)c(F)c3)c(OC(=O)[C@H]3[C@H](C(=O)Oc4cc(C#Cc5ccc(OCCCCCCCCCCCC)c(F)c5)ccc4C#Cc4ccc(OCCCCCCCCCCCC)c(F)c4)[C@H]4C=C[C@@H]3C4)c2)cc1F. The fourth-order valence-corrected chi connectivity index (χ4v) is 14.8. The van der Waals surface area contributed by atoms with Gasteiger partial charge in [-0.25, -0.2) is 17.6 Å². The van der Waals surface area contributed by atoms with Crippen molar-refractivity contribution >= 4 is 11.9 Å². The minimum absolute atomic E-state index is 0.0485. The molecule has 0 unspecified atom stereocenters. The van der Waals surface area contributed by atoms with E-state index in [-0.39, 0.29) is 45.6 Å². The Morgan fingerprint density at radius 3 is 0.726 bits per heavy atom. The van der Waals surface area contributed by atoms with E-state index in [1.807, 2.05) is 12.2 Å². The van der Waals surface area contributed by atoms with Crippen LogP contribution in [-0.2, 0) is 9.59 Å². The summed E-state index contributed by atoms with van der Waals surface area (Å²) in [5, 5.41) is 0. The van der Waals surface area contributed by atoms with Crippen molar-refractivity contribution in [3.05, 3.63) is 189 Å². The van der Waals surface area contributed by atoms with E-state index in [2.05, 4.69) is 75.1 Å². The zero-order valence-electron chi connectivity index (χ0n) is 68.5. The number of allylic oxidation sites excluding steroid dienone is 2. The molecule has 606 valence electrons. The van der Waals surface area contributed by atoms with Crippen molar-refractivity contribution in [2.45, 2.75) is 291 Å². The number of unbranched alkanes of at least 4 members (excludes halogenated alkanes) is 36. The molecule has 1 saturated carbocycles. The molecular weight excluding hydrogens is 1420 g/mol. The van der Waals surface area contributed by atoms with Gasteiger partial charge in [-0.15, -0.1) is 0 Å². The molecule has 113 heavy (non-hydrogen) atoms. The van der Waals surface area contributed by atoms with Crippen molar-refractivity contribution < 1.29 is 55.6 Å². The third-order valence-electron chi connectivity index (χ3n) is 21.5. The number of hydrogen-bond donors (Lipinski definition) is 0. The zero-order chi connectivity index (χ0) is 79.7. The maximum Gasteiger partial charge on any atom is 0.315 e. The van der Waals surface area contributed by atoms with Crippen molar-refractivity contribution in [2.24, 2.45) is 23.7 Å². The summed E-state index contributed by atoms with van der Waals surface area (Å²) in [5.41, 5.74) is 2.95. The molecule has 2 aliphatic carbocycles. The first-order chi connectivity index (χ1) is 55.4. The molecule has 8 nitrogen and oxygen atoms in total. The predicted octanol–water partition coefficient (Wildman–Crippen LogP) is 27.0. The predicted molar refractivity (Wildman–Crippen MR) is 451 cm³/mol. The van der Waals surface area contributed by atoms with Crippen LogP contribution >= 0.6 is 0 Å². The number of carbonyl (C=O) groups is 2. The van der Waals surface area contributed by atoms with Crippen molar-refractivity contribution in [2.75, 3.05) is 26.4 Å². The highest BCUT2D eigenvalue weighted by Gasteiger charge is 2.53. The van der Waals surface area contributed by atoms with Crippen LogP contribution in [0, 0.1) is 94.3 Å². The van der Waals surface area contributed by atoms with Gasteiger partial charge in [0.25, 0.3) is 0 Å². The lowest BCUT2D eigenvalue weighted by atomic mass is 9.83. The number of esters is 2. The first-order valence-electron chi connectivity index (χ1n) is 43.6. The average Bonchev–Trinajstić information content (AvgIpc) is 1.61. The Labute approximate surface area is 675 Å². The van der Waals surface area contributed by atoms with E-state index in [1.165, 1.54) is 204 Å². The monoisotopic (exact) mass is 1540 g/mol. The van der Waals surface area contributed by atoms with Crippen LogP contribution in [0.25, 0.3) is 0 Å². The molecule has 0 radical (unpaired) electrons. The quantitative estimate of drug-likeness (QED) is 0.00932. The van der Waals surface area contributed by atoms with E-state index >= 15 is 27.2 Å². The van der Waals surface area contributed by atoms with Gasteiger partial charge in [0, 0.05) is 33.4 Å². The van der Waals surface area contributed by atoms with Crippen molar-refractivity contribution in [3.8, 4) is 81.9 Å². The van der Waals surface area contributed by atoms with Gasteiger partial charge in [-0.1, -0.05) is 318 Å². The van der Waals surface area contributed by atoms with Crippen LogP contribution in [0.1, 0.15) is 335 Å². The van der Waals surface area contributed by atoms with Crippen LogP contribution in [0.3, 0.4) is 0 Å². The largest absolute Gasteiger partial charge is 0.491 e. The molecule has 2 bridgehead atoms. The highest BCUT2D eigenvalue weighted by atomic mass is 19.1. The zero-order valence-corrected chi connectivity index (χ0v) is 68.5. The molecule has 1 fully saturated rings. The Morgan fingerprint density at radius 1 is 0.274 bits per heavy atom. The molecule has 8 rings (SSSR count). The van der Waals surface area contributed by atoms with Gasteiger partial charge in [0.05, 0.1) is 49.4 Å². The fourth-order valence-electron chi connectivity index (χ4n) is 14.8. The van der Waals surface area contributed by atoms with Gasteiger partial charge < -0.3 is 28.4 Å². The van der Waals surface area contributed by atoms with Crippen molar-refractivity contribution in [3.63, 3.8) is 0 Å². The van der Waals surface area contributed by atoms with Gasteiger partial charge in [-0.2, -0.15) is 0 Å². The number of hydrogen-bond acceptors (Lipinski definition) is 8. The number of ether oxygens (including phenoxy) is 6. The van der Waals surface area contributed by atoms with Crippen LogP contribution in [0.4, 0.5) is 17.6 Å². The Morgan fingerprint density at radius 2 is 0.487 bits per heavy atom. The van der Waals surface area contributed by atoms with E-state index in [4.69, 9.17) is 28.4 Å². The normalized spacial score (nSPS) is 14.4.